The number of hydrogen-bond donors (Lipinski definition) is 3. The molecule has 2 aliphatic heterocycles. The number of nitrogens with one attached hydrogen (secondary N) is 2. The van der Waals surface area contributed by atoms with Crippen LogP contribution in [0.15, 0.2) is 23.1 Å². The zero-order valence-corrected chi connectivity index (χ0v) is 10.8. The highest BCUT2D eigenvalue weighted by Gasteiger charge is 2.32. The minimum atomic E-state index is -0.805. The molecule has 18 heavy (non-hydrogen) atoms. The maximum Gasteiger partial charge on any atom is 0.234 e. The number of anilines is 1. The summed E-state index contributed by atoms with van der Waals surface area (Å²) in [7, 11) is 0. The molecule has 5 heteroatoms. The summed E-state index contributed by atoms with van der Waals surface area (Å²) in [5.41, 5.74) is 0.907. The lowest BCUT2D eigenvalue weighted by Gasteiger charge is -2.34. The fourth-order valence-corrected chi connectivity index (χ4v) is 3.30. The highest BCUT2D eigenvalue weighted by molar-refractivity contribution is 8.00. The van der Waals surface area contributed by atoms with Gasteiger partial charge < -0.3 is 15.7 Å². The summed E-state index contributed by atoms with van der Waals surface area (Å²) in [6.45, 7) is 1.53. The van der Waals surface area contributed by atoms with Gasteiger partial charge in [-0.1, -0.05) is 6.07 Å². The van der Waals surface area contributed by atoms with Crippen molar-refractivity contribution in [1.82, 2.24) is 5.32 Å². The van der Waals surface area contributed by atoms with Gasteiger partial charge in [0.25, 0.3) is 0 Å². The number of fused-ring (bicyclic) bond motifs is 1. The lowest BCUT2D eigenvalue weighted by Crippen LogP contribution is -2.43. The summed E-state index contributed by atoms with van der Waals surface area (Å²) < 4.78 is 0. The quantitative estimate of drug-likeness (QED) is 0.715. The number of carbonyl (C=O) groups is 1. The first-order chi connectivity index (χ1) is 8.67. The van der Waals surface area contributed by atoms with Gasteiger partial charge in [-0.25, -0.2) is 0 Å². The molecule has 0 saturated carbocycles. The zero-order valence-electron chi connectivity index (χ0n) is 10.0. The first-order valence-corrected chi connectivity index (χ1v) is 7.16. The van der Waals surface area contributed by atoms with Crippen molar-refractivity contribution in [2.45, 2.75) is 23.3 Å². The molecule has 2 heterocycles. The number of benzene rings is 1. The number of piperidine rings is 1. The third-order valence-corrected chi connectivity index (χ3v) is 4.58. The van der Waals surface area contributed by atoms with Crippen molar-refractivity contribution in [2.24, 2.45) is 0 Å². The third kappa shape index (κ3) is 2.13. The van der Waals surface area contributed by atoms with Gasteiger partial charge >= 0.3 is 0 Å². The monoisotopic (exact) mass is 264 g/mol. The number of amides is 1. The highest BCUT2D eigenvalue weighted by Crippen LogP contribution is 2.36. The van der Waals surface area contributed by atoms with E-state index >= 15 is 0 Å². The van der Waals surface area contributed by atoms with Crippen LogP contribution >= 0.6 is 11.8 Å². The number of aliphatic hydroxyl groups is 1. The van der Waals surface area contributed by atoms with E-state index in [4.69, 9.17) is 0 Å². The molecule has 1 amide bonds. The first kappa shape index (κ1) is 12.0. The van der Waals surface area contributed by atoms with Gasteiger partial charge in [0.15, 0.2) is 0 Å². The summed E-state index contributed by atoms with van der Waals surface area (Å²) in [6, 6.07) is 5.87. The molecule has 96 valence electrons. The van der Waals surface area contributed by atoms with E-state index in [0.29, 0.717) is 12.3 Å². The number of thioether (sulfide) groups is 1. The summed E-state index contributed by atoms with van der Waals surface area (Å²) >= 11 is 1.54. The molecule has 0 bridgehead atoms. The molecule has 0 aliphatic carbocycles. The summed E-state index contributed by atoms with van der Waals surface area (Å²) in [6.07, 6.45) is 1.73. The molecular formula is C13H16N2O2S. The molecule has 1 saturated heterocycles. The van der Waals surface area contributed by atoms with Gasteiger partial charge in [-0.2, -0.15) is 0 Å². The van der Waals surface area contributed by atoms with E-state index in [2.05, 4.69) is 10.6 Å². The second kappa shape index (κ2) is 4.57. The van der Waals surface area contributed by atoms with E-state index in [9.17, 15) is 9.90 Å². The summed E-state index contributed by atoms with van der Waals surface area (Å²) in [5.74, 6) is 0.497. The topological polar surface area (TPSA) is 61.4 Å². The average Bonchev–Trinajstić information content (AvgIpc) is 2.38. The van der Waals surface area contributed by atoms with Crippen LogP contribution in [0.4, 0.5) is 5.69 Å². The summed E-state index contributed by atoms with van der Waals surface area (Å²) in [4.78, 5) is 12.5. The number of hydrogen-bond acceptors (Lipinski definition) is 4. The molecule has 1 fully saturated rings. The van der Waals surface area contributed by atoms with Gasteiger partial charge in [-0.05, 0) is 37.1 Å². The van der Waals surface area contributed by atoms with E-state index in [1.165, 1.54) is 0 Å². The Bertz CT molecular complexity index is 484. The first-order valence-electron chi connectivity index (χ1n) is 6.18. The molecule has 0 aromatic heterocycles. The second-order valence-electron chi connectivity index (χ2n) is 4.86. The smallest absolute Gasteiger partial charge is 0.234 e. The lowest BCUT2D eigenvalue weighted by molar-refractivity contribution is -0.113. The van der Waals surface area contributed by atoms with Crippen molar-refractivity contribution in [3.63, 3.8) is 0 Å². The Hall–Kier alpha value is -1.04. The van der Waals surface area contributed by atoms with Crippen LogP contribution in [0.1, 0.15) is 18.4 Å². The normalized spacial score (nSPS) is 27.5. The molecule has 1 unspecified atom stereocenters. The predicted molar refractivity (Wildman–Crippen MR) is 71.8 cm³/mol. The molecule has 1 atom stereocenters. The Labute approximate surface area is 110 Å². The van der Waals surface area contributed by atoms with Crippen LogP contribution in [0.25, 0.3) is 0 Å². The standard InChI is InChI=1S/C13H16N2O2S/c16-12-7-18-11-3-2-9(6-10(11)15-12)13(17)4-1-5-14-8-13/h2-3,6,14,17H,1,4-5,7-8H2,(H,15,16). The van der Waals surface area contributed by atoms with Crippen LogP contribution in [0.5, 0.6) is 0 Å². The molecule has 1 aromatic rings. The molecule has 0 radical (unpaired) electrons. The average molecular weight is 264 g/mol. The lowest BCUT2D eigenvalue weighted by atomic mass is 9.86. The molecule has 3 N–H and O–H groups in total. The Morgan fingerprint density at radius 2 is 2.28 bits per heavy atom. The van der Waals surface area contributed by atoms with Crippen LogP contribution in [0.3, 0.4) is 0 Å². The minimum Gasteiger partial charge on any atom is -0.384 e. The largest absolute Gasteiger partial charge is 0.384 e. The SMILES string of the molecule is O=C1CSc2ccc(C3(O)CCCNC3)cc2N1. The Morgan fingerprint density at radius 1 is 1.39 bits per heavy atom. The van der Waals surface area contributed by atoms with Gasteiger partial charge in [-0.15, -0.1) is 11.8 Å². The fraction of sp³-hybridized carbons (Fsp3) is 0.462. The minimum absolute atomic E-state index is 0.0263. The second-order valence-corrected chi connectivity index (χ2v) is 5.88. The number of rotatable bonds is 1. The number of β-amino-alcohol motifs (C(OH)–C–C–N with tert-alkyl or cyclic N) is 1. The van der Waals surface area contributed by atoms with Gasteiger partial charge in [-0.3, -0.25) is 4.79 Å². The van der Waals surface area contributed by atoms with E-state index in [1.54, 1.807) is 11.8 Å². The third-order valence-electron chi connectivity index (χ3n) is 3.51. The van der Waals surface area contributed by atoms with Crippen LogP contribution in [-0.2, 0) is 10.4 Å². The van der Waals surface area contributed by atoms with Crippen molar-refractivity contribution in [3.05, 3.63) is 23.8 Å². The highest BCUT2D eigenvalue weighted by atomic mass is 32.2. The van der Waals surface area contributed by atoms with Gasteiger partial charge in [0.2, 0.25) is 5.91 Å². The van der Waals surface area contributed by atoms with Gasteiger partial charge in [0.05, 0.1) is 11.4 Å². The molecule has 1 aromatic carbocycles. The van der Waals surface area contributed by atoms with Crippen molar-refractivity contribution < 1.29 is 9.90 Å². The maximum absolute atomic E-state index is 11.4. The van der Waals surface area contributed by atoms with E-state index in [-0.39, 0.29) is 5.91 Å². The van der Waals surface area contributed by atoms with Crippen LogP contribution in [0.2, 0.25) is 0 Å². The predicted octanol–water partition coefficient (Wildman–Crippen LogP) is 1.30. The molecule has 0 spiro atoms. The fourth-order valence-electron chi connectivity index (χ4n) is 2.51. The van der Waals surface area contributed by atoms with E-state index < -0.39 is 5.60 Å². The Balaban J connectivity index is 1.93. The van der Waals surface area contributed by atoms with E-state index in [1.807, 2.05) is 18.2 Å². The van der Waals surface area contributed by atoms with Crippen molar-refractivity contribution in [3.8, 4) is 0 Å². The summed E-state index contributed by atoms with van der Waals surface area (Å²) in [5, 5.41) is 16.7. The Kier molecular flexibility index (Phi) is 3.05. The van der Waals surface area contributed by atoms with Crippen LogP contribution in [0, 0.1) is 0 Å². The van der Waals surface area contributed by atoms with Gasteiger partial charge in [0, 0.05) is 11.4 Å². The van der Waals surface area contributed by atoms with Crippen LogP contribution < -0.4 is 10.6 Å². The van der Waals surface area contributed by atoms with Gasteiger partial charge in [0.1, 0.15) is 5.60 Å². The van der Waals surface area contributed by atoms with Crippen molar-refractivity contribution in [1.29, 1.82) is 0 Å². The Morgan fingerprint density at radius 3 is 3.06 bits per heavy atom. The molecule has 4 nitrogen and oxygen atoms in total. The van der Waals surface area contributed by atoms with Crippen molar-refractivity contribution >= 4 is 23.4 Å². The maximum atomic E-state index is 11.4. The number of carbonyl (C=O) groups excluding carboxylic acids is 1. The van der Waals surface area contributed by atoms with E-state index in [0.717, 1.165) is 35.5 Å². The van der Waals surface area contributed by atoms with Crippen molar-refractivity contribution in [2.75, 3.05) is 24.2 Å². The molecular weight excluding hydrogens is 248 g/mol. The zero-order chi connectivity index (χ0) is 12.6. The molecule has 3 rings (SSSR count). The van der Waals surface area contributed by atoms with Crippen LogP contribution in [-0.4, -0.2) is 29.9 Å². The molecule has 2 aliphatic rings.